The number of carbonyl (C=O) groups excluding carboxylic acids is 1. The average molecular weight is 500 g/mol. The Morgan fingerprint density at radius 1 is 0.848 bits per heavy atom. The second kappa shape index (κ2) is 7.74. The van der Waals surface area contributed by atoms with Crippen molar-refractivity contribution in [3.8, 4) is 11.3 Å². The van der Waals surface area contributed by atoms with E-state index in [0.29, 0.717) is 33.7 Å². The van der Waals surface area contributed by atoms with Gasteiger partial charge in [0.05, 0.1) is 5.69 Å². The molecule has 0 unspecified atom stereocenters. The van der Waals surface area contributed by atoms with Crippen LogP contribution in [0.15, 0.2) is 84.8 Å². The molecule has 0 saturated carbocycles. The summed E-state index contributed by atoms with van der Waals surface area (Å²) in [7, 11) is 0. The number of benzene rings is 3. The molecule has 0 radical (unpaired) electrons. The zero-order valence-corrected chi connectivity index (χ0v) is 19.1. The highest BCUT2D eigenvalue weighted by molar-refractivity contribution is 9.10. The highest BCUT2D eigenvalue weighted by Crippen LogP contribution is 2.41. The number of carbonyl (C=O) groups is 1. The topological polar surface area (TPSA) is 72.5 Å². The van der Waals surface area contributed by atoms with Gasteiger partial charge in [0.2, 0.25) is 0 Å². The second-order valence-electron chi connectivity index (χ2n) is 8.21. The number of halogens is 1. The van der Waals surface area contributed by atoms with Crippen molar-refractivity contribution in [3.05, 3.63) is 98.3 Å². The van der Waals surface area contributed by atoms with Crippen LogP contribution in [0.4, 0.5) is 5.69 Å². The SMILES string of the molecule is O=C(Nc1c(-c2cc(=O)oc3cc4c(cc23)CCC4)oc2ccccc12)c1ccc(Br)cc1. The zero-order valence-electron chi connectivity index (χ0n) is 17.5. The molecule has 2 aromatic heterocycles. The fourth-order valence-corrected chi connectivity index (χ4v) is 4.83. The molecule has 0 saturated heterocycles. The second-order valence-corrected chi connectivity index (χ2v) is 9.13. The van der Waals surface area contributed by atoms with E-state index >= 15 is 0 Å². The van der Waals surface area contributed by atoms with Crippen LogP contribution < -0.4 is 10.9 Å². The lowest BCUT2D eigenvalue weighted by atomic mass is 10.0. The molecular weight excluding hydrogens is 482 g/mol. The van der Waals surface area contributed by atoms with E-state index in [1.54, 1.807) is 12.1 Å². The molecule has 6 heteroatoms. The van der Waals surface area contributed by atoms with Gasteiger partial charge >= 0.3 is 5.63 Å². The molecule has 1 N–H and O–H groups in total. The molecule has 6 rings (SSSR count). The number of hydrogen-bond donors (Lipinski definition) is 1. The summed E-state index contributed by atoms with van der Waals surface area (Å²) >= 11 is 3.40. The Kier molecular flexibility index (Phi) is 4.69. The van der Waals surface area contributed by atoms with E-state index in [1.165, 1.54) is 17.2 Å². The lowest BCUT2D eigenvalue weighted by molar-refractivity contribution is 0.102. The van der Waals surface area contributed by atoms with Gasteiger partial charge in [-0.25, -0.2) is 4.79 Å². The first-order chi connectivity index (χ1) is 16.1. The average Bonchev–Trinajstić information content (AvgIpc) is 3.42. The fraction of sp³-hybridized carbons (Fsp3) is 0.111. The Morgan fingerprint density at radius 2 is 1.61 bits per heavy atom. The molecule has 0 aliphatic heterocycles. The molecule has 1 aliphatic rings. The first-order valence-corrected chi connectivity index (χ1v) is 11.5. The van der Waals surface area contributed by atoms with Gasteiger partial charge in [-0.15, -0.1) is 0 Å². The van der Waals surface area contributed by atoms with Crippen LogP contribution in [0, 0.1) is 0 Å². The number of nitrogens with one attached hydrogen (secondary N) is 1. The number of furan rings is 1. The Balaban J connectivity index is 1.56. The summed E-state index contributed by atoms with van der Waals surface area (Å²) in [6, 6.07) is 20.1. The van der Waals surface area contributed by atoms with Crippen molar-refractivity contribution in [2.24, 2.45) is 0 Å². The van der Waals surface area contributed by atoms with Gasteiger partial charge in [-0.3, -0.25) is 4.79 Å². The van der Waals surface area contributed by atoms with Crippen LogP contribution in [0.1, 0.15) is 27.9 Å². The van der Waals surface area contributed by atoms with E-state index in [2.05, 4.69) is 27.3 Å². The zero-order chi connectivity index (χ0) is 22.5. The molecule has 0 bridgehead atoms. The van der Waals surface area contributed by atoms with Crippen molar-refractivity contribution < 1.29 is 13.6 Å². The third kappa shape index (κ3) is 3.47. The largest absolute Gasteiger partial charge is 0.454 e. The van der Waals surface area contributed by atoms with Gasteiger partial charge < -0.3 is 14.2 Å². The predicted octanol–water partition coefficient (Wildman–Crippen LogP) is 6.71. The van der Waals surface area contributed by atoms with Gasteiger partial charge in [-0.1, -0.05) is 28.1 Å². The van der Waals surface area contributed by atoms with E-state index < -0.39 is 5.63 Å². The minimum Gasteiger partial charge on any atom is -0.454 e. The van der Waals surface area contributed by atoms with Crippen molar-refractivity contribution in [1.29, 1.82) is 0 Å². The van der Waals surface area contributed by atoms with Crippen LogP contribution in [-0.2, 0) is 12.8 Å². The fourth-order valence-electron chi connectivity index (χ4n) is 4.56. The highest BCUT2D eigenvalue weighted by atomic mass is 79.9. The van der Waals surface area contributed by atoms with Crippen LogP contribution in [0.25, 0.3) is 33.3 Å². The van der Waals surface area contributed by atoms with Crippen molar-refractivity contribution in [2.75, 3.05) is 5.32 Å². The van der Waals surface area contributed by atoms with E-state index in [9.17, 15) is 9.59 Å². The van der Waals surface area contributed by atoms with Gasteiger partial charge in [-0.05, 0) is 78.9 Å². The Bertz CT molecular complexity index is 1610. The van der Waals surface area contributed by atoms with Crippen LogP contribution in [0.3, 0.4) is 0 Å². The first kappa shape index (κ1) is 20.0. The Morgan fingerprint density at radius 3 is 2.42 bits per heavy atom. The van der Waals surface area contributed by atoms with Gasteiger partial charge in [0, 0.05) is 32.4 Å². The maximum atomic E-state index is 13.1. The maximum absolute atomic E-state index is 13.1. The van der Waals surface area contributed by atoms with Crippen LogP contribution in [-0.4, -0.2) is 5.91 Å². The number of para-hydroxylation sites is 1. The number of anilines is 1. The standard InChI is InChI=1S/C27H18BrNO4/c28-18-10-8-15(9-11-18)27(31)29-25-19-6-1-2-7-22(19)33-26(25)21-14-24(30)32-23-13-17-5-3-4-16(17)12-20(21)23/h1-2,6-14H,3-5H2,(H,29,31). The molecule has 0 spiro atoms. The van der Waals surface area contributed by atoms with Crippen molar-refractivity contribution >= 4 is 49.5 Å². The van der Waals surface area contributed by atoms with Crippen LogP contribution in [0.5, 0.6) is 0 Å². The van der Waals surface area contributed by atoms with E-state index in [0.717, 1.165) is 34.5 Å². The van der Waals surface area contributed by atoms with E-state index in [-0.39, 0.29) is 5.91 Å². The molecule has 5 nitrogen and oxygen atoms in total. The smallest absolute Gasteiger partial charge is 0.336 e. The van der Waals surface area contributed by atoms with Gasteiger partial charge in [0.25, 0.3) is 5.91 Å². The molecule has 0 fully saturated rings. The molecule has 3 aromatic carbocycles. The molecular formula is C27H18BrNO4. The van der Waals surface area contributed by atoms with Crippen molar-refractivity contribution in [2.45, 2.75) is 19.3 Å². The highest BCUT2D eigenvalue weighted by Gasteiger charge is 2.23. The molecule has 33 heavy (non-hydrogen) atoms. The third-order valence-corrected chi connectivity index (χ3v) is 6.67. The summed E-state index contributed by atoms with van der Waals surface area (Å²) in [6.45, 7) is 0. The molecule has 1 amide bonds. The summed E-state index contributed by atoms with van der Waals surface area (Å²) in [6.07, 6.45) is 3.07. The number of hydrogen-bond acceptors (Lipinski definition) is 4. The summed E-state index contributed by atoms with van der Waals surface area (Å²) in [4.78, 5) is 25.6. The maximum Gasteiger partial charge on any atom is 0.336 e. The van der Waals surface area contributed by atoms with Gasteiger partial charge in [-0.2, -0.15) is 0 Å². The van der Waals surface area contributed by atoms with Crippen LogP contribution in [0.2, 0.25) is 0 Å². The quantitative estimate of drug-likeness (QED) is 0.280. The van der Waals surface area contributed by atoms with Crippen LogP contribution >= 0.6 is 15.9 Å². The molecule has 0 atom stereocenters. The minimum absolute atomic E-state index is 0.261. The predicted molar refractivity (Wildman–Crippen MR) is 132 cm³/mol. The molecule has 5 aromatic rings. The summed E-state index contributed by atoms with van der Waals surface area (Å²) in [5.41, 5.74) is 4.84. The molecule has 2 heterocycles. The normalized spacial score (nSPS) is 12.9. The summed E-state index contributed by atoms with van der Waals surface area (Å²) in [5.74, 6) is 0.181. The molecule has 1 aliphatic carbocycles. The van der Waals surface area contributed by atoms with Gasteiger partial charge in [0.1, 0.15) is 11.2 Å². The third-order valence-electron chi connectivity index (χ3n) is 6.14. The summed E-state index contributed by atoms with van der Waals surface area (Å²) < 4.78 is 12.6. The lowest BCUT2D eigenvalue weighted by Crippen LogP contribution is -2.12. The lowest BCUT2D eigenvalue weighted by Gasteiger charge is -2.10. The number of rotatable bonds is 3. The Hall–Kier alpha value is -3.64. The first-order valence-electron chi connectivity index (χ1n) is 10.8. The van der Waals surface area contributed by atoms with Crippen molar-refractivity contribution in [3.63, 3.8) is 0 Å². The summed E-state index contributed by atoms with van der Waals surface area (Å²) in [5, 5.41) is 4.59. The molecule has 162 valence electrons. The minimum atomic E-state index is -0.457. The Labute approximate surface area is 197 Å². The number of fused-ring (bicyclic) bond motifs is 3. The van der Waals surface area contributed by atoms with E-state index in [1.807, 2.05) is 42.5 Å². The number of aryl methyl sites for hydroxylation is 2. The number of amides is 1. The van der Waals surface area contributed by atoms with Gasteiger partial charge in [0.15, 0.2) is 5.76 Å². The van der Waals surface area contributed by atoms with Crippen molar-refractivity contribution in [1.82, 2.24) is 0 Å². The monoisotopic (exact) mass is 499 g/mol. The van der Waals surface area contributed by atoms with E-state index in [4.69, 9.17) is 8.83 Å².